The molecule has 1 aliphatic rings. The van der Waals surface area contributed by atoms with Gasteiger partial charge in [-0.15, -0.1) is 0 Å². The molecule has 2 rings (SSSR count). The van der Waals surface area contributed by atoms with Crippen molar-refractivity contribution in [2.45, 2.75) is 19.3 Å². The van der Waals surface area contributed by atoms with Crippen molar-refractivity contribution in [1.29, 1.82) is 0 Å². The SMILES string of the molecule is Brc1ccnc(NCCC2CC2)c1. The normalized spacial score (nSPS) is 15.8. The summed E-state index contributed by atoms with van der Waals surface area (Å²) >= 11 is 3.42. The van der Waals surface area contributed by atoms with Gasteiger partial charge in [-0.3, -0.25) is 0 Å². The van der Waals surface area contributed by atoms with E-state index in [0.717, 1.165) is 22.8 Å². The molecule has 1 fully saturated rings. The second-order valence-electron chi connectivity index (χ2n) is 3.52. The average Bonchev–Trinajstić information content (AvgIpc) is 2.88. The molecular weight excluding hydrogens is 228 g/mol. The van der Waals surface area contributed by atoms with E-state index in [2.05, 4.69) is 26.2 Å². The highest BCUT2D eigenvalue weighted by atomic mass is 79.9. The molecule has 1 heterocycles. The highest BCUT2D eigenvalue weighted by molar-refractivity contribution is 9.10. The number of hydrogen-bond donors (Lipinski definition) is 1. The van der Waals surface area contributed by atoms with E-state index in [9.17, 15) is 0 Å². The van der Waals surface area contributed by atoms with Crippen molar-refractivity contribution in [3.63, 3.8) is 0 Å². The van der Waals surface area contributed by atoms with Gasteiger partial charge in [0, 0.05) is 17.2 Å². The minimum atomic E-state index is 0.968. The van der Waals surface area contributed by atoms with Gasteiger partial charge in [0.15, 0.2) is 0 Å². The van der Waals surface area contributed by atoms with Crippen molar-refractivity contribution in [2.24, 2.45) is 5.92 Å². The number of anilines is 1. The highest BCUT2D eigenvalue weighted by Gasteiger charge is 2.20. The summed E-state index contributed by atoms with van der Waals surface area (Å²) in [5.74, 6) is 1.95. The van der Waals surface area contributed by atoms with E-state index >= 15 is 0 Å². The predicted octanol–water partition coefficient (Wildman–Crippen LogP) is 3.06. The molecule has 3 heteroatoms. The number of halogens is 1. The van der Waals surface area contributed by atoms with Gasteiger partial charge in [-0.25, -0.2) is 4.98 Å². The molecule has 0 unspecified atom stereocenters. The molecule has 1 aliphatic carbocycles. The number of pyridine rings is 1. The summed E-state index contributed by atoms with van der Waals surface area (Å²) in [5, 5.41) is 3.32. The zero-order valence-electron chi connectivity index (χ0n) is 7.46. The Morgan fingerprint density at radius 2 is 2.38 bits per heavy atom. The van der Waals surface area contributed by atoms with Crippen molar-refractivity contribution in [1.82, 2.24) is 4.98 Å². The third-order valence-corrected chi connectivity index (χ3v) is 2.77. The first-order valence-corrected chi connectivity index (χ1v) is 5.49. The van der Waals surface area contributed by atoms with E-state index in [0.29, 0.717) is 0 Å². The van der Waals surface area contributed by atoms with Crippen LogP contribution in [0.5, 0.6) is 0 Å². The predicted molar refractivity (Wildman–Crippen MR) is 57.8 cm³/mol. The molecule has 0 radical (unpaired) electrons. The lowest BCUT2D eigenvalue weighted by molar-refractivity contribution is 0.758. The van der Waals surface area contributed by atoms with Gasteiger partial charge >= 0.3 is 0 Å². The Bertz CT molecular complexity index is 284. The zero-order chi connectivity index (χ0) is 9.10. The van der Waals surface area contributed by atoms with Crippen LogP contribution in [0.3, 0.4) is 0 Å². The lowest BCUT2D eigenvalue weighted by Gasteiger charge is -2.04. The molecule has 0 aromatic carbocycles. The lowest BCUT2D eigenvalue weighted by Crippen LogP contribution is -2.03. The van der Waals surface area contributed by atoms with Crippen LogP contribution in [-0.4, -0.2) is 11.5 Å². The Balaban J connectivity index is 1.79. The van der Waals surface area contributed by atoms with Gasteiger partial charge in [-0.1, -0.05) is 28.8 Å². The molecule has 13 heavy (non-hydrogen) atoms. The molecule has 1 saturated carbocycles. The van der Waals surface area contributed by atoms with Gasteiger partial charge in [0.1, 0.15) is 5.82 Å². The third-order valence-electron chi connectivity index (χ3n) is 2.28. The number of rotatable bonds is 4. The highest BCUT2D eigenvalue weighted by Crippen LogP contribution is 2.32. The summed E-state index contributed by atoms with van der Waals surface area (Å²) in [4.78, 5) is 4.22. The fraction of sp³-hybridized carbons (Fsp3) is 0.500. The molecular formula is C10H13BrN2. The molecule has 0 saturated heterocycles. The Morgan fingerprint density at radius 3 is 3.08 bits per heavy atom. The van der Waals surface area contributed by atoms with Gasteiger partial charge in [0.25, 0.3) is 0 Å². The van der Waals surface area contributed by atoms with E-state index in [1.54, 1.807) is 0 Å². The first-order valence-electron chi connectivity index (χ1n) is 4.70. The Labute approximate surface area is 86.9 Å². The molecule has 1 aromatic rings. The second kappa shape index (κ2) is 4.09. The van der Waals surface area contributed by atoms with Crippen LogP contribution >= 0.6 is 15.9 Å². The van der Waals surface area contributed by atoms with Crippen molar-refractivity contribution < 1.29 is 0 Å². The van der Waals surface area contributed by atoms with E-state index in [4.69, 9.17) is 0 Å². The average molecular weight is 241 g/mol. The largest absolute Gasteiger partial charge is 0.370 e. The first kappa shape index (κ1) is 9.00. The molecule has 2 nitrogen and oxygen atoms in total. The summed E-state index contributed by atoms with van der Waals surface area (Å²) in [7, 11) is 0. The van der Waals surface area contributed by atoms with Crippen molar-refractivity contribution in [2.75, 3.05) is 11.9 Å². The molecule has 1 N–H and O–H groups in total. The van der Waals surface area contributed by atoms with Crippen LogP contribution in [0.1, 0.15) is 19.3 Å². The molecule has 1 aromatic heterocycles. The third kappa shape index (κ3) is 2.99. The maximum atomic E-state index is 4.22. The number of hydrogen-bond acceptors (Lipinski definition) is 2. The van der Waals surface area contributed by atoms with Crippen LogP contribution in [0.15, 0.2) is 22.8 Å². The standard InChI is InChI=1S/C10H13BrN2/c11-9-4-6-13-10(7-9)12-5-3-8-1-2-8/h4,6-8H,1-3,5H2,(H,12,13). The summed E-state index contributed by atoms with van der Waals surface area (Å²) < 4.78 is 1.08. The van der Waals surface area contributed by atoms with Crippen molar-refractivity contribution >= 4 is 21.7 Å². The zero-order valence-corrected chi connectivity index (χ0v) is 9.05. The van der Waals surface area contributed by atoms with Gasteiger partial charge in [0.05, 0.1) is 0 Å². The molecule has 0 bridgehead atoms. The molecule has 0 atom stereocenters. The summed E-state index contributed by atoms with van der Waals surface area (Å²) in [6.07, 6.45) is 5.94. The van der Waals surface area contributed by atoms with Crippen molar-refractivity contribution in [3.8, 4) is 0 Å². The number of nitrogens with zero attached hydrogens (tertiary/aromatic N) is 1. The Morgan fingerprint density at radius 1 is 1.54 bits per heavy atom. The Hall–Kier alpha value is -0.570. The number of aromatic nitrogens is 1. The van der Waals surface area contributed by atoms with Crippen molar-refractivity contribution in [3.05, 3.63) is 22.8 Å². The van der Waals surface area contributed by atoms with E-state index in [1.165, 1.54) is 19.3 Å². The smallest absolute Gasteiger partial charge is 0.127 e. The van der Waals surface area contributed by atoms with Crippen LogP contribution in [0, 0.1) is 5.92 Å². The topological polar surface area (TPSA) is 24.9 Å². The maximum absolute atomic E-state index is 4.22. The minimum Gasteiger partial charge on any atom is -0.370 e. The van der Waals surface area contributed by atoms with Crippen LogP contribution in [0.25, 0.3) is 0 Å². The maximum Gasteiger partial charge on any atom is 0.127 e. The van der Waals surface area contributed by atoms with Gasteiger partial charge in [0.2, 0.25) is 0 Å². The lowest BCUT2D eigenvalue weighted by atomic mass is 10.3. The number of nitrogens with one attached hydrogen (secondary N) is 1. The van der Waals surface area contributed by atoms with Gasteiger partial charge < -0.3 is 5.32 Å². The molecule has 0 aliphatic heterocycles. The summed E-state index contributed by atoms with van der Waals surface area (Å²) in [6.45, 7) is 1.05. The first-order chi connectivity index (χ1) is 6.34. The minimum absolute atomic E-state index is 0.968. The molecule has 70 valence electrons. The van der Waals surface area contributed by atoms with Crippen LogP contribution in [0.2, 0.25) is 0 Å². The van der Waals surface area contributed by atoms with Gasteiger partial charge in [-0.05, 0) is 24.5 Å². The molecule has 0 amide bonds. The van der Waals surface area contributed by atoms with Crippen LogP contribution in [0.4, 0.5) is 5.82 Å². The summed E-state index contributed by atoms with van der Waals surface area (Å²) in [6, 6.07) is 3.94. The molecule has 0 spiro atoms. The van der Waals surface area contributed by atoms with Crippen LogP contribution < -0.4 is 5.32 Å². The second-order valence-corrected chi connectivity index (χ2v) is 4.43. The van der Waals surface area contributed by atoms with E-state index in [1.807, 2.05) is 18.3 Å². The van der Waals surface area contributed by atoms with Gasteiger partial charge in [-0.2, -0.15) is 0 Å². The fourth-order valence-electron chi connectivity index (χ4n) is 1.31. The fourth-order valence-corrected chi connectivity index (χ4v) is 1.65. The Kier molecular flexibility index (Phi) is 2.83. The van der Waals surface area contributed by atoms with E-state index < -0.39 is 0 Å². The summed E-state index contributed by atoms with van der Waals surface area (Å²) in [5.41, 5.74) is 0. The van der Waals surface area contributed by atoms with Crippen LogP contribution in [-0.2, 0) is 0 Å². The quantitative estimate of drug-likeness (QED) is 0.876. The van der Waals surface area contributed by atoms with E-state index in [-0.39, 0.29) is 0 Å². The monoisotopic (exact) mass is 240 g/mol.